The van der Waals surface area contributed by atoms with Gasteiger partial charge >= 0.3 is 10.1 Å². The van der Waals surface area contributed by atoms with Gasteiger partial charge in [0.15, 0.2) is 5.76 Å². The fourth-order valence-corrected chi connectivity index (χ4v) is 3.75. The molecule has 0 spiro atoms. The van der Waals surface area contributed by atoms with Gasteiger partial charge < -0.3 is 19.3 Å². The van der Waals surface area contributed by atoms with E-state index in [1.54, 1.807) is 0 Å². The maximum Gasteiger partial charge on any atom is 0.313 e. The monoisotopic (exact) mass is 287 g/mol. The van der Waals surface area contributed by atoms with Crippen LogP contribution in [0.5, 0.6) is 5.88 Å². The molecule has 0 aromatic carbocycles. The molecule has 106 valence electrons. The van der Waals surface area contributed by atoms with Gasteiger partial charge in [0.1, 0.15) is 0 Å². The van der Waals surface area contributed by atoms with Crippen LogP contribution in [0.2, 0.25) is 0 Å². The summed E-state index contributed by atoms with van der Waals surface area (Å²) in [7, 11) is -3.62. The number of piperidine rings is 1. The second kappa shape index (κ2) is 5.10. The molecule has 2 N–H and O–H groups in total. The van der Waals surface area contributed by atoms with Crippen molar-refractivity contribution in [1.82, 2.24) is 15.8 Å². The fraction of sp³-hybridized carbons (Fsp3) is 0.727. The lowest BCUT2D eigenvalue weighted by Gasteiger charge is -2.22. The molecule has 3 heterocycles. The molecule has 1 saturated heterocycles. The first kappa shape index (κ1) is 12.9. The number of aromatic nitrogens is 1. The molecule has 2 aliphatic rings. The number of nitrogens with zero attached hydrogens (tertiary/aromatic N) is 1. The Kier molecular flexibility index (Phi) is 3.46. The van der Waals surface area contributed by atoms with Crippen molar-refractivity contribution < 1.29 is 17.1 Å². The zero-order valence-electron chi connectivity index (χ0n) is 10.5. The molecule has 0 aliphatic carbocycles. The van der Waals surface area contributed by atoms with E-state index < -0.39 is 15.4 Å². The molecular formula is C11H17N3O4S. The quantitative estimate of drug-likeness (QED) is 0.742. The van der Waals surface area contributed by atoms with Crippen molar-refractivity contribution in [2.24, 2.45) is 0 Å². The largest absolute Gasteiger partial charge is 0.358 e. The smallest absolute Gasteiger partial charge is 0.313 e. The summed E-state index contributed by atoms with van der Waals surface area (Å²) in [6, 6.07) is 0. The van der Waals surface area contributed by atoms with Crippen LogP contribution >= 0.6 is 0 Å². The predicted octanol–water partition coefficient (Wildman–Crippen LogP) is -0.219. The van der Waals surface area contributed by atoms with Gasteiger partial charge in [-0.3, -0.25) is 0 Å². The molecule has 1 fully saturated rings. The van der Waals surface area contributed by atoms with Crippen molar-refractivity contribution in [3.05, 3.63) is 11.3 Å². The highest BCUT2D eigenvalue weighted by molar-refractivity contribution is 7.87. The summed E-state index contributed by atoms with van der Waals surface area (Å²) in [5.74, 6) is 0.789. The maximum absolute atomic E-state index is 12.2. The minimum Gasteiger partial charge on any atom is -0.358 e. The molecule has 1 aromatic rings. The Bertz CT molecular complexity index is 548. The number of hydrogen-bond acceptors (Lipinski definition) is 7. The normalized spacial score (nSPS) is 21.1. The number of nitrogens with one attached hydrogen (secondary N) is 2. The first-order valence-corrected chi connectivity index (χ1v) is 7.96. The molecule has 0 radical (unpaired) electrons. The van der Waals surface area contributed by atoms with E-state index in [9.17, 15) is 8.42 Å². The lowest BCUT2D eigenvalue weighted by Crippen LogP contribution is -2.37. The summed E-state index contributed by atoms with van der Waals surface area (Å²) < 4.78 is 34.7. The summed E-state index contributed by atoms with van der Waals surface area (Å²) >= 11 is 0. The van der Waals surface area contributed by atoms with Crippen molar-refractivity contribution in [3.8, 4) is 5.88 Å². The van der Waals surface area contributed by atoms with Gasteiger partial charge in [-0.05, 0) is 44.1 Å². The first-order valence-electron chi connectivity index (χ1n) is 6.49. The van der Waals surface area contributed by atoms with E-state index in [1.807, 2.05) is 0 Å². The average Bonchev–Trinajstić information content (AvgIpc) is 2.83. The molecule has 8 heteroatoms. The molecule has 3 rings (SSSR count). The number of fused-ring (bicyclic) bond motifs is 1. The highest BCUT2D eigenvalue weighted by atomic mass is 32.2. The van der Waals surface area contributed by atoms with E-state index in [-0.39, 0.29) is 5.88 Å². The van der Waals surface area contributed by atoms with Gasteiger partial charge in [-0.15, -0.1) is 0 Å². The van der Waals surface area contributed by atoms with Gasteiger partial charge in [-0.1, -0.05) is 0 Å². The summed E-state index contributed by atoms with van der Waals surface area (Å²) in [5.41, 5.74) is 0.774. The molecule has 0 atom stereocenters. The maximum atomic E-state index is 12.2. The Morgan fingerprint density at radius 2 is 2.00 bits per heavy atom. The second-order valence-electron chi connectivity index (χ2n) is 4.84. The van der Waals surface area contributed by atoms with Gasteiger partial charge in [-0.25, -0.2) is 0 Å². The van der Waals surface area contributed by atoms with E-state index in [0.29, 0.717) is 44.7 Å². The van der Waals surface area contributed by atoms with Crippen molar-refractivity contribution in [2.45, 2.75) is 31.1 Å². The van der Waals surface area contributed by atoms with Gasteiger partial charge in [0.2, 0.25) is 0 Å². The molecule has 1 aromatic heterocycles. The lowest BCUT2D eigenvalue weighted by molar-refractivity contribution is 0.347. The van der Waals surface area contributed by atoms with Crippen molar-refractivity contribution >= 4 is 10.1 Å². The Morgan fingerprint density at radius 1 is 1.21 bits per heavy atom. The van der Waals surface area contributed by atoms with Crippen LogP contribution in [-0.4, -0.2) is 38.5 Å². The summed E-state index contributed by atoms with van der Waals surface area (Å²) in [4.78, 5) is 0. The Morgan fingerprint density at radius 3 is 2.79 bits per heavy atom. The number of rotatable bonds is 3. The average molecular weight is 287 g/mol. The minimum absolute atomic E-state index is 0.120. The molecule has 0 bridgehead atoms. The van der Waals surface area contributed by atoms with Crippen molar-refractivity contribution in [3.63, 3.8) is 0 Å². The van der Waals surface area contributed by atoms with Crippen molar-refractivity contribution in [1.29, 1.82) is 0 Å². The van der Waals surface area contributed by atoms with E-state index in [0.717, 1.165) is 12.1 Å². The Hall–Kier alpha value is -1.12. The third kappa shape index (κ3) is 2.60. The van der Waals surface area contributed by atoms with Crippen LogP contribution in [0.3, 0.4) is 0 Å². The molecule has 7 nitrogen and oxygen atoms in total. The van der Waals surface area contributed by atoms with E-state index in [1.165, 1.54) is 0 Å². The lowest BCUT2D eigenvalue weighted by atomic mass is 10.1. The minimum atomic E-state index is -3.62. The zero-order valence-corrected chi connectivity index (χ0v) is 11.3. The standard InChI is InChI=1S/C11H17N3O4S/c15-19(16,8-1-4-12-5-2-8)18-11-9-3-6-13-7-10(9)17-14-11/h8,12-13H,1-7H2. The van der Waals surface area contributed by atoms with Crippen LogP contribution in [0.15, 0.2) is 4.52 Å². The molecule has 19 heavy (non-hydrogen) atoms. The van der Waals surface area contributed by atoms with Crippen LogP contribution in [0, 0.1) is 0 Å². The predicted molar refractivity (Wildman–Crippen MR) is 67.4 cm³/mol. The van der Waals surface area contributed by atoms with Crippen LogP contribution in [0.25, 0.3) is 0 Å². The topological polar surface area (TPSA) is 93.5 Å². The summed E-state index contributed by atoms with van der Waals surface area (Å²) in [5, 5.41) is 9.56. The SMILES string of the molecule is O=S(=O)(Oc1noc2c1CCNC2)C1CCNCC1. The third-order valence-electron chi connectivity index (χ3n) is 3.56. The Balaban J connectivity index is 1.78. The molecule has 2 aliphatic heterocycles. The molecular weight excluding hydrogens is 270 g/mol. The summed E-state index contributed by atoms with van der Waals surface area (Å²) in [6.45, 7) is 2.75. The van der Waals surface area contributed by atoms with Gasteiger partial charge in [-0.2, -0.15) is 8.42 Å². The molecule has 0 saturated carbocycles. The van der Waals surface area contributed by atoms with Gasteiger partial charge in [0, 0.05) is 0 Å². The Labute approximate surface area is 111 Å². The zero-order chi connectivity index (χ0) is 13.3. The first-order chi connectivity index (χ1) is 9.17. The third-order valence-corrected chi connectivity index (χ3v) is 5.24. The summed E-state index contributed by atoms with van der Waals surface area (Å²) in [6.07, 6.45) is 1.82. The van der Waals surface area contributed by atoms with Gasteiger partial charge in [0.25, 0.3) is 5.88 Å². The number of hydrogen-bond donors (Lipinski definition) is 2. The highest BCUT2D eigenvalue weighted by Gasteiger charge is 2.32. The van der Waals surface area contributed by atoms with Gasteiger partial charge in [0.05, 0.1) is 17.4 Å². The van der Waals surface area contributed by atoms with Crippen LogP contribution < -0.4 is 14.8 Å². The van der Waals surface area contributed by atoms with E-state index in [4.69, 9.17) is 8.71 Å². The van der Waals surface area contributed by atoms with E-state index >= 15 is 0 Å². The van der Waals surface area contributed by atoms with Crippen LogP contribution in [0.4, 0.5) is 0 Å². The van der Waals surface area contributed by atoms with Crippen LogP contribution in [-0.2, 0) is 23.1 Å². The molecule has 0 unspecified atom stereocenters. The highest BCUT2D eigenvalue weighted by Crippen LogP contribution is 2.27. The van der Waals surface area contributed by atoms with E-state index in [2.05, 4.69) is 15.8 Å². The fourth-order valence-electron chi connectivity index (χ4n) is 2.45. The van der Waals surface area contributed by atoms with Crippen LogP contribution in [0.1, 0.15) is 24.2 Å². The van der Waals surface area contributed by atoms with Crippen molar-refractivity contribution in [2.75, 3.05) is 19.6 Å². The second-order valence-corrected chi connectivity index (χ2v) is 6.66. The molecule has 0 amide bonds.